The molecule has 3 fully saturated rings. The van der Waals surface area contributed by atoms with Crippen molar-refractivity contribution >= 4 is 29.3 Å². The van der Waals surface area contributed by atoms with Gasteiger partial charge in [-0.3, -0.25) is 14.4 Å². The molecule has 3 aliphatic rings. The standard InChI is InChI=1S/C25H35ClN4O4/c1-27-13-15-29(16-14-27)25(33)17-19-18-30(24(32)9-12-28-10-2-3-23(28)31)11-8-22(19)34-21-6-4-20(26)5-7-21/h4-7,19,22H,2-3,8-18H2,1H3/t19-,22-/m0/s1. The van der Waals surface area contributed by atoms with E-state index >= 15 is 0 Å². The number of piperazine rings is 1. The summed E-state index contributed by atoms with van der Waals surface area (Å²) in [7, 11) is 2.07. The third-order valence-corrected chi connectivity index (χ3v) is 7.43. The Bertz CT molecular complexity index is 872. The van der Waals surface area contributed by atoms with Crippen LogP contribution in [0, 0.1) is 5.92 Å². The van der Waals surface area contributed by atoms with Gasteiger partial charge in [0.1, 0.15) is 11.9 Å². The van der Waals surface area contributed by atoms with Crippen LogP contribution < -0.4 is 4.74 Å². The van der Waals surface area contributed by atoms with Crippen molar-refractivity contribution in [3.05, 3.63) is 29.3 Å². The van der Waals surface area contributed by atoms with Crippen LogP contribution in [0.4, 0.5) is 0 Å². The van der Waals surface area contributed by atoms with E-state index in [4.69, 9.17) is 16.3 Å². The summed E-state index contributed by atoms with van der Waals surface area (Å²) in [6.45, 7) is 5.51. The highest BCUT2D eigenvalue weighted by molar-refractivity contribution is 6.30. The second-order valence-electron chi connectivity index (χ2n) is 9.62. The number of carbonyl (C=O) groups is 3. The monoisotopic (exact) mass is 490 g/mol. The minimum atomic E-state index is -0.151. The van der Waals surface area contributed by atoms with Gasteiger partial charge < -0.3 is 24.3 Å². The molecule has 9 heteroatoms. The topological polar surface area (TPSA) is 73.4 Å². The van der Waals surface area contributed by atoms with Crippen molar-refractivity contribution in [2.75, 3.05) is 59.4 Å². The molecule has 186 valence electrons. The number of hydrogen-bond donors (Lipinski definition) is 0. The van der Waals surface area contributed by atoms with Crippen LogP contribution in [-0.2, 0) is 14.4 Å². The number of benzene rings is 1. The zero-order valence-corrected chi connectivity index (χ0v) is 20.7. The van der Waals surface area contributed by atoms with Gasteiger partial charge in [0.15, 0.2) is 0 Å². The van der Waals surface area contributed by atoms with Crippen molar-refractivity contribution in [2.24, 2.45) is 5.92 Å². The highest BCUT2D eigenvalue weighted by Crippen LogP contribution is 2.28. The van der Waals surface area contributed by atoms with Crippen LogP contribution in [0.1, 0.15) is 32.1 Å². The lowest BCUT2D eigenvalue weighted by Crippen LogP contribution is -2.52. The lowest BCUT2D eigenvalue weighted by Gasteiger charge is -2.40. The normalized spacial score (nSPS) is 23.9. The van der Waals surface area contributed by atoms with E-state index in [0.29, 0.717) is 50.3 Å². The Hall–Kier alpha value is -2.32. The fourth-order valence-corrected chi connectivity index (χ4v) is 5.14. The van der Waals surface area contributed by atoms with Crippen molar-refractivity contribution in [1.29, 1.82) is 0 Å². The molecule has 0 aliphatic carbocycles. The molecule has 0 unspecified atom stereocenters. The zero-order valence-electron chi connectivity index (χ0n) is 20.0. The van der Waals surface area contributed by atoms with Gasteiger partial charge in [0.2, 0.25) is 17.7 Å². The van der Waals surface area contributed by atoms with Gasteiger partial charge in [0, 0.05) is 89.0 Å². The molecule has 0 spiro atoms. The van der Waals surface area contributed by atoms with Gasteiger partial charge in [-0.1, -0.05) is 11.6 Å². The summed E-state index contributed by atoms with van der Waals surface area (Å²) in [5.74, 6) is 0.938. The lowest BCUT2D eigenvalue weighted by atomic mass is 9.90. The predicted octanol–water partition coefficient (Wildman–Crippen LogP) is 2.11. The maximum Gasteiger partial charge on any atom is 0.224 e. The molecule has 4 rings (SSSR count). The number of likely N-dealkylation sites (tertiary alicyclic amines) is 2. The quantitative estimate of drug-likeness (QED) is 0.585. The smallest absolute Gasteiger partial charge is 0.224 e. The number of carbonyl (C=O) groups excluding carboxylic acids is 3. The fraction of sp³-hybridized carbons (Fsp3) is 0.640. The highest BCUT2D eigenvalue weighted by atomic mass is 35.5. The third-order valence-electron chi connectivity index (χ3n) is 7.18. The van der Waals surface area contributed by atoms with Gasteiger partial charge in [-0.25, -0.2) is 0 Å². The Balaban J connectivity index is 1.38. The summed E-state index contributed by atoms with van der Waals surface area (Å²) in [6, 6.07) is 7.26. The summed E-state index contributed by atoms with van der Waals surface area (Å²) in [5.41, 5.74) is 0. The number of amides is 3. The Morgan fingerprint density at radius 1 is 1.00 bits per heavy atom. The number of nitrogens with zero attached hydrogens (tertiary/aromatic N) is 4. The maximum absolute atomic E-state index is 13.1. The summed E-state index contributed by atoms with van der Waals surface area (Å²) >= 11 is 6.01. The Morgan fingerprint density at radius 3 is 2.41 bits per heavy atom. The minimum absolute atomic E-state index is 0.0432. The molecular weight excluding hydrogens is 456 g/mol. The van der Waals surface area contributed by atoms with Crippen LogP contribution in [0.5, 0.6) is 5.75 Å². The number of rotatable bonds is 7. The van der Waals surface area contributed by atoms with E-state index in [2.05, 4.69) is 11.9 Å². The van der Waals surface area contributed by atoms with Crippen molar-refractivity contribution < 1.29 is 19.1 Å². The van der Waals surface area contributed by atoms with Crippen molar-refractivity contribution in [2.45, 2.75) is 38.2 Å². The van der Waals surface area contributed by atoms with E-state index in [9.17, 15) is 14.4 Å². The highest BCUT2D eigenvalue weighted by Gasteiger charge is 2.36. The Morgan fingerprint density at radius 2 is 1.74 bits per heavy atom. The van der Waals surface area contributed by atoms with Crippen molar-refractivity contribution in [1.82, 2.24) is 19.6 Å². The Kier molecular flexibility index (Phi) is 8.32. The van der Waals surface area contributed by atoms with E-state index < -0.39 is 0 Å². The fourth-order valence-electron chi connectivity index (χ4n) is 5.01. The average molecular weight is 491 g/mol. The summed E-state index contributed by atoms with van der Waals surface area (Å²) in [4.78, 5) is 45.7. The van der Waals surface area contributed by atoms with Crippen LogP contribution in [0.2, 0.25) is 5.02 Å². The van der Waals surface area contributed by atoms with Gasteiger partial charge in [-0.2, -0.15) is 0 Å². The van der Waals surface area contributed by atoms with Crippen LogP contribution in [0.15, 0.2) is 24.3 Å². The number of hydrogen-bond acceptors (Lipinski definition) is 5. The number of piperidine rings is 1. The first-order chi connectivity index (χ1) is 16.4. The largest absolute Gasteiger partial charge is 0.490 e. The maximum atomic E-state index is 13.1. The number of ether oxygens (including phenoxy) is 1. The zero-order chi connectivity index (χ0) is 24.1. The third kappa shape index (κ3) is 6.42. The minimum Gasteiger partial charge on any atom is -0.490 e. The average Bonchev–Trinajstić information content (AvgIpc) is 3.25. The van der Waals surface area contributed by atoms with Gasteiger partial charge in [0.25, 0.3) is 0 Å². The molecule has 0 aromatic heterocycles. The van der Waals surface area contributed by atoms with E-state index in [0.717, 1.165) is 44.9 Å². The van der Waals surface area contributed by atoms with Crippen LogP contribution in [-0.4, -0.2) is 103 Å². The van der Waals surface area contributed by atoms with E-state index in [1.54, 1.807) is 17.0 Å². The molecule has 3 heterocycles. The van der Waals surface area contributed by atoms with Crippen molar-refractivity contribution in [3.8, 4) is 5.75 Å². The molecule has 0 N–H and O–H groups in total. The lowest BCUT2D eigenvalue weighted by molar-refractivity contribution is -0.140. The molecule has 3 aliphatic heterocycles. The SMILES string of the molecule is CN1CCN(C(=O)C[C@H]2CN(C(=O)CCN3CCCC3=O)CC[C@@H]2Oc2ccc(Cl)cc2)CC1. The van der Waals surface area contributed by atoms with Crippen LogP contribution >= 0.6 is 11.6 Å². The summed E-state index contributed by atoms with van der Waals surface area (Å²) < 4.78 is 6.28. The summed E-state index contributed by atoms with van der Waals surface area (Å²) in [5, 5.41) is 0.644. The van der Waals surface area contributed by atoms with E-state index in [-0.39, 0.29) is 29.7 Å². The van der Waals surface area contributed by atoms with Crippen LogP contribution in [0.25, 0.3) is 0 Å². The molecule has 2 atom stereocenters. The van der Waals surface area contributed by atoms with E-state index in [1.165, 1.54) is 0 Å². The van der Waals surface area contributed by atoms with Crippen LogP contribution in [0.3, 0.4) is 0 Å². The Labute approximate surface area is 206 Å². The second kappa shape index (κ2) is 11.4. The molecule has 1 aromatic rings. The molecule has 8 nitrogen and oxygen atoms in total. The molecule has 0 radical (unpaired) electrons. The first-order valence-corrected chi connectivity index (χ1v) is 12.7. The van der Waals surface area contributed by atoms with Gasteiger partial charge in [0.05, 0.1) is 0 Å². The summed E-state index contributed by atoms with van der Waals surface area (Å²) in [6.07, 6.45) is 2.65. The van der Waals surface area contributed by atoms with E-state index in [1.807, 2.05) is 21.9 Å². The molecule has 34 heavy (non-hydrogen) atoms. The molecule has 0 saturated carbocycles. The van der Waals surface area contributed by atoms with Gasteiger partial charge in [-0.15, -0.1) is 0 Å². The number of likely N-dealkylation sites (N-methyl/N-ethyl adjacent to an activating group) is 1. The molecule has 1 aromatic carbocycles. The van der Waals surface area contributed by atoms with Gasteiger partial charge in [-0.05, 0) is 37.7 Å². The predicted molar refractivity (Wildman–Crippen MR) is 130 cm³/mol. The van der Waals surface area contributed by atoms with Crippen molar-refractivity contribution in [3.63, 3.8) is 0 Å². The first kappa shape index (κ1) is 24.8. The first-order valence-electron chi connectivity index (χ1n) is 12.3. The second-order valence-corrected chi connectivity index (χ2v) is 10.1. The molecular formula is C25H35ClN4O4. The molecule has 3 saturated heterocycles. The molecule has 3 amide bonds. The number of halogens is 1. The molecule has 0 bridgehead atoms. The van der Waals surface area contributed by atoms with Gasteiger partial charge >= 0.3 is 0 Å².